The van der Waals surface area contributed by atoms with E-state index in [1.165, 1.54) is 4.90 Å². The van der Waals surface area contributed by atoms with Crippen molar-refractivity contribution in [2.45, 2.75) is 19.9 Å². The first-order chi connectivity index (χ1) is 5.99. The fourth-order valence-corrected chi connectivity index (χ4v) is 0.857. The van der Waals surface area contributed by atoms with E-state index >= 15 is 0 Å². The molecule has 76 valence electrons. The highest BCUT2D eigenvalue weighted by molar-refractivity contribution is 5.86. The van der Waals surface area contributed by atoms with Crippen LogP contribution in [0.4, 0.5) is 4.79 Å². The standard InChI is InChI=1S/C8H17N3O2/c1-5-9-8(13)10-6(2)7(12)11(3)4/h6H,5H2,1-4H3,(H2,9,10,13). The number of urea groups is 1. The molecule has 5 nitrogen and oxygen atoms in total. The number of rotatable bonds is 3. The molecule has 0 aromatic heterocycles. The summed E-state index contributed by atoms with van der Waals surface area (Å²) in [6, 6.07) is -0.799. The molecule has 0 aliphatic carbocycles. The molecule has 13 heavy (non-hydrogen) atoms. The number of nitrogens with one attached hydrogen (secondary N) is 2. The van der Waals surface area contributed by atoms with Crippen molar-refractivity contribution in [3.8, 4) is 0 Å². The summed E-state index contributed by atoms with van der Waals surface area (Å²) >= 11 is 0. The van der Waals surface area contributed by atoms with Crippen molar-refractivity contribution in [2.24, 2.45) is 0 Å². The van der Waals surface area contributed by atoms with Gasteiger partial charge in [-0.2, -0.15) is 0 Å². The number of hydrogen-bond acceptors (Lipinski definition) is 2. The van der Waals surface area contributed by atoms with Crippen molar-refractivity contribution in [1.82, 2.24) is 15.5 Å². The Morgan fingerprint density at radius 3 is 2.31 bits per heavy atom. The predicted molar refractivity (Wildman–Crippen MR) is 50.4 cm³/mol. The Kier molecular flexibility index (Phi) is 4.87. The van der Waals surface area contributed by atoms with Crippen LogP contribution in [0.5, 0.6) is 0 Å². The van der Waals surface area contributed by atoms with Gasteiger partial charge in [0.1, 0.15) is 6.04 Å². The number of likely N-dealkylation sites (N-methyl/N-ethyl adjacent to an activating group) is 1. The van der Waals surface area contributed by atoms with Crippen LogP contribution in [-0.2, 0) is 4.79 Å². The third-order valence-corrected chi connectivity index (χ3v) is 1.50. The van der Waals surface area contributed by atoms with E-state index in [-0.39, 0.29) is 11.9 Å². The van der Waals surface area contributed by atoms with E-state index < -0.39 is 6.04 Å². The molecule has 0 radical (unpaired) electrons. The molecule has 0 fully saturated rings. The molecule has 3 amide bonds. The monoisotopic (exact) mass is 187 g/mol. The highest BCUT2D eigenvalue weighted by Crippen LogP contribution is 1.87. The van der Waals surface area contributed by atoms with Crippen LogP contribution in [-0.4, -0.2) is 43.5 Å². The summed E-state index contributed by atoms with van der Waals surface area (Å²) in [5, 5.41) is 5.07. The summed E-state index contributed by atoms with van der Waals surface area (Å²) < 4.78 is 0. The van der Waals surface area contributed by atoms with E-state index in [2.05, 4.69) is 10.6 Å². The summed E-state index contributed by atoms with van der Waals surface area (Å²) in [5.41, 5.74) is 0. The van der Waals surface area contributed by atoms with Gasteiger partial charge in [0, 0.05) is 20.6 Å². The van der Waals surface area contributed by atoms with Gasteiger partial charge in [-0.3, -0.25) is 4.79 Å². The van der Waals surface area contributed by atoms with Crippen LogP contribution in [0.3, 0.4) is 0 Å². The molecule has 0 aromatic rings. The third kappa shape index (κ3) is 4.35. The Morgan fingerprint density at radius 1 is 1.38 bits per heavy atom. The molecule has 0 spiro atoms. The SMILES string of the molecule is CCNC(=O)NC(C)C(=O)N(C)C. The van der Waals surface area contributed by atoms with E-state index in [4.69, 9.17) is 0 Å². The smallest absolute Gasteiger partial charge is 0.315 e. The topological polar surface area (TPSA) is 61.4 Å². The Balaban J connectivity index is 3.92. The van der Waals surface area contributed by atoms with E-state index in [1.807, 2.05) is 6.92 Å². The zero-order valence-electron chi connectivity index (χ0n) is 8.55. The quantitative estimate of drug-likeness (QED) is 0.641. The molecule has 5 heteroatoms. The van der Waals surface area contributed by atoms with Gasteiger partial charge in [-0.25, -0.2) is 4.79 Å². The van der Waals surface area contributed by atoms with E-state index in [0.29, 0.717) is 6.54 Å². The summed E-state index contributed by atoms with van der Waals surface area (Å²) in [6.07, 6.45) is 0. The van der Waals surface area contributed by atoms with Gasteiger partial charge in [0.25, 0.3) is 0 Å². The average Bonchev–Trinajstić information content (AvgIpc) is 2.03. The number of amides is 3. The molecule has 0 aromatic carbocycles. The lowest BCUT2D eigenvalue weighted by atomic mass is 10.3. The Labute approximate surface area is 78.5 Å². The first-order valence-electron chi connectivity index (χ1n) is 4.24. The number of nitrogens with zero attached hydrogens (tertiary/aromatic N) is 1. The van der Waals surface area contributed by atoms with Gasteiger partial charge < -0.3 is 15.5 Å². The third-order valence-electron chi connectivity index (χ3n) is 1.50. The van der Waals surface area contributed by atoms with Gasteiger partial charge in [-0.15, -0.1) is 0 Å². The maximum Gasteiger partial charge on any atom is 0.315 e. The van der Waals surface area contributed by atoms with Gasteiger partial charge in [-0.05, 0) is 13.8 Å². The fourth-order valence-electron chi connectivity index (χ4n) is 0.857. The molecule has 0 saturated heterocycles. The molecule has 0 bridgehead atoms. The highest BCUT2D eigenvalue weighted by Gasteiger charge is 2.16. The van der Waals surface area contributed by atoms with Crippen LogP contribution < -0.4 is 10.6 Å². The zero-order chi connectivity index (χ0) is 10.4. The summed E-state index contributed by atoms with van der Waals surface area (Å²) in [4.78, 5) is 23.7. The number of carbonyl (C=O) groups is 2. The van der Waals surface area contributed by atoms with Gasteiger partial charge in [0.15, 0.2) is 0 Å². The van der Waals surface area contributed by atoms with Crippen molar-refractivity contribution in [3.63, 3.8) is 0 Å². The maximum atomic E-state index is 11.3. The van der Waals surface area contributed by atoms with E-state index in [0.717, 1.165) is 0 Å². The molecule has 0 aliphatic heterocycles. The largest absolute Gasteiger partial charge is 0.347 e. The Hall–Kier alpha value is -1.26. The lowest BCUT2D eigenvalue weighted by Crippen LogP contribution is -2.47. The van der Waals surface area contributed by atoms with Crippen LogP contribution in [0, 0.1) is 0 Å². The van der Waals surface area contributed by atoms with Crippen LogP contribution >= 0.6 is 0 Å². The van der Waals surface area contributed by atoms with Crippen molar-refractivity contribution >= 4 is 11.9 Å². The van der Waals surface area contributed by atoms with Crippen molar-refractivity contribution in [3.05, 3.63) is 0 Å². The van der Waals surface area contributed by atoms with Crippen molar-refractivity contribution < 1.29 is 9.59 Å². The summed E-state index contributed by atoms with van der Waals surface area (Å²) in [7, 11) is 3.30. The molecule has 0 saturated carbocycles. The minimum absolute atomic E-state index is 0.119. The second-order valence-corrected chi connectivity index (χ2v) is 2.96. The minimum atomic E-state index is -0.485. The summed E-state index contributed by atoms with van der Waals surface area (Å²) in [5.74, 6) is -0.119. The first kappa shape index (κ1) is 11.7. The minimum Gasteiger partial charge on any atom is -0.347 e. The molecule has 0 aliphatic rings. The van der Waals surface area contributed by atoms with Crippen LogP contribution in [0.2, 0.25) is 0 Å². The second kappa shape index (κ2) is 5.40. The summed E-state index contributed by atoms with van der Waals surface area (Å²) in [6.45, 7) is 4.02. The molecular formula is C8H17N3O2. The molecular weight excluding hydrogens is 170 g/mol. The predicted octanol–water partition coefficient (Wildman–Crippen LogP) is -0.218. The molecule has 1 unspecified atom stereocenters. The number of hydrogen-bond donors (Lipinski definition) is 2. The number of carbonyl (C=O) groups excluding carboxylic acids is 2. The lowest BCUT2D eigenvalue weighted by molar-refractivity contribution is -0.130. The van der Waals surface area contributed by atoms with Gasteiger partial charge in [0.2, 0.25) is 5.91 Å². The van der Waals surface area contributed by atoms with Gasteiger partial charge in [-0.1, -0.05) is 0 Å². The van der Waals surface area contributed by atoms with Crippen molar-refractivity contribution in [2.75, 3.05) is 20.6 Å². The van der Waals surface area contributed by atoms with Crippen LogP contribution in [0.15, 0.2) is 0 Å². The first-order valence-corrected chi connectivity index (χ1v) is 4.24. The van der Waals surface area contributed by atoms with Crippen molar-refractivity contribution in [1.29, 1.82) is 0 Å². The van der Waals surface area contributed by atoms with Crippen LogP contribution in [0.25, 0.3) is 0 Å². The second-order valence-electron chi connectivity index (χ2n) is 2.96. The zero-order valence-corrected chi connectivity index (χ0v) is 8.55. The maximum absolute atomic E-state index is 11.3. The molecule has 0 rings (SSSR count). The molecule has 2 N–H and O–H groups in total. The average molecular weight is 187 g/mol. The Bertz CT molecular complexity index is 192. The molecule has 1 atom stereocenters. The normalized spacial score (nSPS) is 11.7. The van der Waals surface area contributed by atoms with Gasteiger partial charge in [0.05, 0.1) is 0 Å². The highest BCUT2D eigenvalue weighted by atomic mass is 16.2. The van der Waals surface area contributed by atoms with E-state index in [9.17, 15) is 9.59 Å². The molecule has 0 heterocycles. The van der Waals surface area contributed by atoms with Gasteiger partial charge >= 0.3 is 6.03 Å². The van der Waals surface area contributed by atoms with E-state index in [1.54, 1.807) is 21.0 Å². The van der Waals surface area contributed by atoms with Crippen LogP contribution in [0.1, 0.15) is 13.8 Å². The lowest BCUT2D eigenvalue weighted by Gasteiger charge is -2.17. The fraction of sp³-hybridized carbons (Fsp3) is 0.750. The Morgan fingerprint density at radius 2 is 1.92 bits per heavy atom.